The highest BCUT2D eigenvalue weighted by Gasteiger charge is 2.20. The van der Waals surface area contributed by atoms with Crippen LogP contribution in [-0.4, -0.2) is 26.0 Å². The van der Waals surface area contributed by atoms with E-state index in [1.807, 2.05) is 55.6 Å². The Hall–Kier alpha value is -3.58. The van der Waals surface area contributed by atoms with Crippen molar-refractivity contribution in [2.45, 2.75) is 26.3 Å². The molecular formula is C26H28N2O4S. The number of carbonyl (C=O) groups excluding carboxylic acids is 2. The molecular weight excluding hydrogens is 436 g/mol. The van der Waals surface area contributed by atoms with Crippen LogP contribution < -0.4 is 20.1 Å². The predicted molar refractivity (Wildman–Crippen MR) is 132 cm³/mol. The Morgan fingerprint density at radius 3 is 2.42 bits per heavy atom. The molecule has 1 aromatic heterocycles. The number of hydrogen-bond acceptors (Lipinski definition) is 5. The van der Waals surface area contributed by atoms with Crippen LogP contribution in [0.15, 0.2) is 65.7 Å². The average Bonchev–Trinajstić information content (AvgIpc) is 3.35. The largest absolute Gasteiger partial charge is 0.493 e. The third-order valence-electron chi connectivity index (χ3n) is 5.25. The molecule has 0 aliphatic carbocycles. The van der Waals surface area contributed by atoms with Crippen LogP contribution in [0.4, 0.5) is 0 Å². The van der Waals surface area contributed by atoms with Gasteiger partial charge in [-0.2, -0.15) is 0 Å². The monoisotopic (exact) mass is 464 g/mol. The van der Waals surface area contributed by atoms with E-state index in [-0.39, 0.29) is 17.6 Å². The van der Waals surface area contributed by atoms with Gasteiger partial charge in [-0.15, -0.1) is 11.3 Å². The zero-order valence-electron chi connectivity index (χ0n) is 19.2. The maximum absolute atomic E-state index is 13.3. The van der Waals surface area contributed by atoms with Gasteiger partial charge < -0.3 is 20.1 Å². The highest BCUT2D eigenvalue weighted by Crippen LogP contribution is 2.28. The Morgan fingerprint density at radius 1 is 1.03 bits per heavy atom. The summed E-state index contributed by atoms with van der Waals surface area (Å²) in [4.78, 5) is 27.1. The molecule has 0 saturated carbocycles. The first-order chi connectivity index (χ1) is 16.0. The van der Waals surface area contributed by atoms with Crippen molar-refractivity contribution in [3.8, 4) is 11.5 Å². The van der Waals surface area contributed by atoms with Crippen LogP contribution >= 0.6 is 11.3 Å². The second kappa shape index (κ2) is 11.3. The molecule has 2 aromatic carbocycles. The van der Waals surface area contributed by atoms with E-state index >= 15 is 0 Å². The third kappa shape index (κ3) is 6.02. The number of ether oxygens (including phenoxy) is 2. The summed E-state index contributed by atoms with van der Waals surface area (Å²) >= 11 is 1.48. The Morgan fingerprint density at radius 2 is 1.79 bits per heavy atom. The lowest BCUT2D eigenvalue weighted by atomic mass is 9.99. The fourth-order valence-corrected chi connectivity index (χ4v) is 4.12. The normalized spacial score (nSPS) is 12.1. The molecule has 0 aliphatic rings. The quantitative estimate of drug-likeness (QED) is 0.432. The highest BCUT2D eigenvalue weighted by molar-refractivity contribution is 7.10. The number of aryl methyl sites for hydroxylation is 1. The standard InChI is InChI=1S/C26H28N2O4S/c1-5-21(20-11-7-6-9-17(20)2)27-26(30)22(16-19-10-8-14-33-19)28-25(29)18-12-13-23(31-3)24(15-18)32-4/h6-16,21H,5H2,1-4H3,(H,27,30)(H,28,29)/b22-16-/t21-/m0/s1. The van der Waals surface area contributed by atoms with Crippen LogP contribution in [0.25, 0.3) is 6.08 Å². The zero-order valence-corrected chi connectivity index (χ0v) is 20.0. The molecule has 2 N–H and O–H groups in total. The van der Waals surface area contributed by atoms with Gasteiger partial charge in [0.2, 0.25) is 0 Å². The van der Waals surface area contributed by atoms with Crippen LogP contribution in [0.1, 0.15) is 45.7 Å². The van der Waals surface area contributed by atoms with E-state index in [0.717, 1.165) is 16.0 Å². The van der Waals surface area contributed by atoms with Gasteiger partial charge in [0.25, 0.3) is 11.8 Å². The van der Waals surface area contributed by atoms with Crippen molar-refractivity contribution in [3.05, 3.63) is 87.2 Å². The second-order valence-electron chi connectivity index (χ2n) is 7.39. The number of methoxy groups -OCH3 is 2. The summed E-state index contributed by atoms with van der Waals surface area (Å²) in [5, 5.41) is 7.76. The molecule has 1 heterocycles. The van der Waals surface area contributed by atoms with Crippen molar-refractivity contribution < 1.29 is 19.1 Å². The van der Waals surface area contributed by atoms with E-state index < -0.39 is 5.91 Å². The van der Waals surface area contributed by atoms with Crippen molar-refractivity contribution >= 4 is 29.2 Å². The van der Waals surface area contributed by atoms with E-state index in [2.05, 4.69) is 10.6 Å². The Labute approximate surface area is 198 Å². The second-order valence-corrected chi connectivity index (χ2v) is 8.37. The third-order valence-corrected chi connectivity index (χ3v) is 6.07. The van der Waals surface area contributed by atoms with E-state index in [1.165, 1.54) is 25.6 Å². The summed E-state index contributed by atoms with van der Waals surface area (Å²) in [6, 6.07) is 16.4. The van der Waals surface area contributed by atoms with Crippen molar-refractivity contribution in [2.75, 3.05) is 14.2 Å². The molecule has 3 aromatic rings. The minimum Gasteiger partial charge on any atom is -0.493 e. The van der Waals surface area contributed by atoms with Crippen LogP contribution in [0.2, 0.25) is 0 Å². The van der Waals surface area contributed by atoms with Gasteiger partial charge >= 0.3 is 0 Å². The summed E-state index contributed by atoms with van der Waals surface area (Å²) < 4.78 is 10.5. The number of nitrogens with one attached hydrogen (secondary N) is 2. The van der Waals surface area contributed by atoms with Gasteiger partial charge in [0.05, 0.1) is 20.3 Å². The van der Waals surface area contributed by atoms with Crippen molar-refractivity contribution in [1.82, 2.24) is 10.6 Å². The molecule has 33 heavy (non-hydrogen) atoms. The Bertz CT molecular complexity index is 1140. The number of amides is 2. The minimum atomic E-state index is -0.419. The van der Waals surface area contributed by atoms with E-state index in [1.54, 1.807) is 24.3 Å². The summed E-state index contributed by atoms with van der Waals surface area (Å²) in [7, 11) is 3.04. The summed E-state index contributed by atoms with van der Waals surface area (Å²) in [6.07, 6.45) is 2.40. The maximum atomic E-state index is 13.3. The van der Waals surface area contributed by atoms with Gasteiger partial charge in [-0.25, -0.2) is 0 Å². The average molecular weight is 465 g/mol. The van der Waals surface area contributed by atoms with Crippen molar-refractivity contribution in [1.29, 1.82) is 0 Å². The van der Waals surface area contributed by atoms with E-state index in [9.17, 15) is 9.59 Å². The summed E-state index contributed by atoms with van der Waals surface area (Å²) in [5.41, 5.74) is 2.67. The topological polar surface area (TPSA) is 76.7 Å². The molecule has 172 valence electrons. The number of thiophene rings is 1. The lowest BCUT2D eigenvalue weighted by Crippen LogP contribution is -2.37. The molecule has 7 heteroatoms. The van der Waals surface area contributed by atoms with Crippen LogP contribution in [0, 0.1) is 6.92 Å². The molecule has 0 unspecified atom stereocenters. The minimum absolute atomic E-state index is 0.171. The first-order valence-corrected chi connectivity index (χ1v) is 11.5. The Kier molecular flexibility index (Phi) is 8.27. The predicted octanol–water partition coefficient (Wildman–Crippen LogP) is 5.11. The van der Waals surface area contributed by atoms with Gasteiger partial charge in [-0.3, -0.25) is 9.59 Å². The molecule has 0 radical (unpaired) electrons. The van der Waals surface area contributed by atoms with E-state index in [0.29, 0.717) is 23.5 Å². The van der Waals surface area contributed by atoms with Gasteiger partial charge in [-0.1, -0.05) is 37.3 Å². The fourth-order valence-electron chi connectivity index (χ4n) is 3.46. The maximum Gasteiger partial charge on any atom is 0.268 e. The number of benzene rings is 2. The molecule has 6 nitrogen and oxygen atoms in total. The summed E-state index contributed by atoms with van der Waals surface area (Å²) in [5.74, 6) is 0.180. The lowest BCUT2D eigenvalue weighted by molar-refractivity contribution is -0.118. The zero-order chi connectivity index (χ0) is 23.8. The Balaban J connectivity index is 1.87. The van der Waals surface area contributed by atoms with Gasteiger partial charge in [0.1, 0.15) is 5.70 Å². The van der Waals surface area contributed by atoms with Crippen molar-refractivity contribution in [3.63, 3.8) is 0 Å². The first-order valence-electron chi connectivity index (χ1n) is 10.6. The van der Waals surface area contributed by atoms with Crippen molar-refractivity contribution in [2.24, 2.45) is 0 Å². The van der Waals surface area contributed by atoms with E-state index in [4.69, 9.17) is 9.47 Å². The van der Waals surface area contributed by atoms with Gasteiger partial charge in [0.15, 0.2) is 11.5 Å². The molecule has 1 atom stereocenters. The smallest absolute Gasteiger partial charge is 0.268 e. The first kappa shape index (κ1) is 24.1. The number of hydrogen-bond donors (Lipinski definition) is 2. The molecule has 0 saturated heterocycles. The highest BCUT2D eigenvalue weighted by atomic mass is 32.1. The lowest BCUT2D eigenvalue weighted by Gasteiger charge is -2.21. The molecule has 2 amide bonds. The SMILES string of the molecule is CC[C@H](NC(=O)/C(=C/c1cccs1)NC(=O)c1ccc(OC)c(OC)c1)c1ccccc1C. The van der Waals surface area contributed by atoms with Crippen LogP contribution in [0.3, 0.4) is 0 Å². The molecule has 0 bridgehead atoms. The molecule has 3 rings (SSSR count). The molecule has 0 spiro atoms. The number of rotatable bonds is 9. The fraction of sp³-hybridized carbons (Fsp3) is 0.231. The summed E-state index contributed by atoms with van der Waals surface area (Å²) in [6.45, 7) is 4.04. The molecule has 0 fully saturated rings. The van der Waals surface area contributed by atoms with Gasteiger partial charge in [0, 0.05) is 10.4 Å². The van der Waals surface area contributed by atoms with Gasteiger partial charge in [-0.05, 0) is 60.2 Å². The number of carbonyl (C=O) groups is 2. The van der Waals surface area contributed by atoms with Crippen LogP contribution in [0.5, 0.6) is 11.5 Å². The van der Waals surface area contributed by atoms with Crippen LogP contribution in [-0.2, 0) is 4.79 Å². The molecule has 0 aliphatic heterocycles.